The third-order valence-electron chi connectivity index (χ3n) is 3.39. The summed E-state index contributed by atoms with van der Waals surface area (Å²) in [7, 11) is -2.69. The van der Waals surface area contributed by atoms with Gasteiger partial charge in [-0.05, 0) is 33.5 Å². The van der Waals surface area contributed by atoms with Crippen LogP contribution in [0.5, 0.6) is 0 Å². The Labute approximate surface area is 136 Å². The molecule has 1 aromatic rings. The third kappa shape index (κ3) is 4.14. The molecule has 1 atom stereocenters. The zero-order chi connectivity index (χ0) is 17.9. The quantitative estimate of drug-likeness (QED) is 0.723. The summed E-state index contributed by atoms with van der Waals surface area (Å²) in [5.74, 6) is -1.05. The molecule has 0 spiro atoms. The van der Waals surface area contributed by atoms with Gasteiger partial charge in [0.2, 0.25) is 0 Å². The van der Waals surface area contributed by atoms with E-state index in [-0.39, 0.29) is 18.7 Å². The summed E-state index contributed by atoms with van der Waals surface area (Å²) in [4.78, 5) is 14.0. The van der Waals surface area contributed by atoms with Gasteiger partial charge in [0.1, 0.15) is 0 Å². The maximum absolute atomic E-state index is 14.1. The monoisotopic (exact) mass is 347 g/mol. The lowest BCUT2D eigenvalue weighted by Crippen LogP contribution is -2.60. The number of carbonyl (C=O) groups excluding carboxylic acids is 1. The zero-order valence-corrected chi connectivity index (χ0v) is 15.2. The van der Waals surface area contributed by atoms with E-state index in [1.165, 1.54) is 29.2 Å². The lowest BCUT2D eigenvalue weighted by atomic mass is 9.91. The topological polar surface area (TPSA) is 29.5 Å². The van der Waals surface area contributed by atoms with Crippen LogP contribution < -0.4 is 0 Å². The molecule has 1 aromatic carbocycles. The van der Waals surface area contributed by atoms with Crippen molar-refractivity contribution < 1.29 is 22.4 Å². The molecule has 0 fully saturated rings. The predicted octanol–water partition coefficient (Wildman–Crippen LogP) is 4.16. The van der Waals surface area contributed by atoms with Gasteiger partial charge in [-0.15, -0.1) is 0 Å². The molecule has 0 aliphatic carbocycles. The van der Waals surface area contributed by atoms with Crippen LogP contribution in [0.2, 0.25) is 19.6 Å². The predicted molar refractivity (Wildman–Crippen MR) is 86.5 cm³/mol. The average molecular weight is 347 g/mol. The first-order valence-corrected chi connectivity index (χ1v) is 11.0. The molecule has 1 amide bonds. The maximum atomic E-state index is 14.1. The van der Waals surface area contributed by atoms with E-state index in [2.05, 4.69) is 0 Å². The molecule has 0 N–H and O–H groups in total. The van der Waals surface area contributed by atoms with Crippen molar-refractivity contribution in [2.45, 2.75) is 45.3 Å². The lowest BCUT2D eigenvalue weighted by molar-refractivity contribution is -0.255. The first-order chi connectivity index (χ1) is 10.5. The maximum Gasteiger partial charge on any atom is 0.430 e. The second kappa shape index (κ2) is 7.05. The summed E-state index contributed by atoms with van der Waals surface area (Å²) in [5, 5.41) is 0. The lowest BCUT2D eigenvalue weighted by Gasteiger charge is -2.41. The molecule has 0 saturated heterocycles. The molecule has 0 radical (unpaired) electrons. The third-order valence-corrected chi connectivity index (χ3v) is 4.31. The van der Waals surface area contributed by atoms with Gasteiger partial charge in [-0.3, -0.25) is 4.79 Å². The summed E-state index contributed by atoms with van der Waals surface area (Å²) >= 11 is 0. The second-order valence-electron chi connectivity index (χ2n) is 6.24. The van der Waals surface area contributed by atoms with Crippen LogP contribution >= 0.6 is 0 Å². The van der Waals surface area contributed by atoms with Crippen molar-refractivity contribution in [2.75, 3.05) is 13.1 Å². The van der Waals surface area contributed by atoms with E-state index in [1.807, 2.05) is 0 Å². The van der Waals surface area contributed by atoms with Crippen LogP contribution in [0.1, 0.15) is 19.4 Å². The van der Waals surface area contributed by atoms with Gasteiger partial charge in [0.15, 0.2) is 8.32 Å². The minimum absolute atomic E-state index is 0.174. The Hall–Kier alpha value is -1.34. The second-order valence-corrected chi connectivity index (χ2v) is 10.7. The summed E-state index contributed by atoms with van der Waals surface area (Å²) in [6.45, 7) is 8.62. The van der Waals surface area contributed by atoms with E-state index < -0.39 is 26.0 Å². The number of likely N-dealkylation sites (N-methyl/N-ethyl adjacent to an activating group) is 1. The van der Waals surface area contributed by atoms with Gasteiger partial charge in [0.25, 0.3) is 11.5 Å². The van der Waals surface area contributed by atoms with E-state index in [9.17, 15) is 18.0 Å². The van der Waals surface area contributed by atoms with E-state index in [0.29, 0.717) is 0 Å². The molecule has 0 aliphatic heterocycles. The molecular weight excluding hydrogens is 323 g/mol. The smallest absolute Gasteiger partial charge is 0.393 e. The number of benzene rings is 1. The SMILES string of the molecule is CCN(CC)C(=O)C(O[Si](C)(C)C)(c1ccccc1)C(F)(F)F. The molecule has 0 bridgehead atoms. The highest BCUT2D eigenvalue weighted by atomic mass is 28.4. The minimum atomic E-state index is -4.85. The fourth-order valence-corrected chi connectivity index (χ4v) is 3.67. The van der Waals surface area contributed by atoms with Gasteiger partial charge >= 0.3 is 6.18 Å². The molecule has 0 heterocycles. The fraction of sp³-hybridized carbons (Fsp3) is 0.562. The molecule has 0 saturated carbocycles. The van der Waals surface area contributed by atoms with Gasteiger partial charge < -0.3 is 9.33 Å². The molecule has 1 unspecified atom stereocenters. The molecule has 130 valence electrons. The van der Waals surface area contributed by atoms with Gasteiger partial charge in [0.05, 0.1) is 0 Å². The van der Waals surface area contributed by atoms with Crippen LogP contribution in [-0.4, -0.2) is 38.4 Å². The van der Waals surface area contributed by atoms with Crippen molar-refractivity contribution in [3.05, 3.63) is 35.9 Å². The van der Waals surface area contributed by atoms with Gasteiger partial charge in [0, 0.05) is 18.7 Å². The van der Waals surface area contributed by atoms with Gasteiger partial charge in [-0.1, -0.05) is 30.3 Å². The largest absolute Gasteiger partial charge is 0.430 e. The zero-order valence-electron chi connectivity index (χ0n) is 14.2. The summed E-state index contributed by atoms with van der Waals surface area (Å²) < 4.78 is 47.9. The number of carbonyl (C=O) groups is 1. The number of amides is 1. The van der Waals surface area contributed by atoms with Crippen molar-refractivity contribution in [3.63, 3.8) is 0 Å². The van der Waals surface area contributed by atoms with Crippen LogP contribution in [0, 0.1) is 0 Å². The van der Waals surface area contributed by atoms with Crippen LogP contribution in [0.25, 0.3) is 0 Å². The Kier molecular flexibility index (Phi) is 6.04. The molecule has 7 heteroatoms. The number of alkyl halides is 3. The Balaban J connectivity index is 3.64. The number of rotatable bonds is 6. The van der Waals surface area contributed by atoms with Gasteiger partial charge in [-0.25, -0.2) is 0 Å². The van der Waals surface area contributed by atoms with Crippen LogP contribution in [-0.2, 0) is 14.8 Å². The standard InChI is InChI=1S/C16H24F3NO2Si/c1-6-20(7-2)14(21)15(16(17,18)19,22-23(3,4)5)13-11-9-8-10-12-13/h8-12H,6-7H2,1-5H3. The van der Waals surface area contributed by atoms with E-state index in [0.717, 1.165) is 0 Å². The Morgan fingerprint density at radius 3 is 1.91 bits per heavy atom. The Morgan fingerprint density at radius 2 is 1.57 bits per heavy atom. The fourth-order valence-electron chi connectivity index (χ4n) is 2.43. The van der Waals surface area contributed by atoms with E-state index in [1.54, 1.807) is 39.6 Å². The first-order valence-electron chi connectivity index (χ1n) is 7.61. The molecule has 0 aromatic heterocycles. The van der Waals surface area contributed by atoms with Crippen molar-refractivity contribution in [2.24, 2.45) is 0 Å². The van der Waals surface area contributed by atoms with Crippen molar-refractivity contribution in [1.29, 1.82) is 0 Å². The highest BCUT2D eigenvalue weighted by molar-refractivity contribution is 6.70. The number of nitrogens with zero attached hydrogens (tertiary/aromatic N) is 1. The summed E-state index contributed by atoms with van der Waals surface area (Å²) in [6, 6.07) is 7.18. The molecule has 23 heavy (non-hydrogen) atoms. The first kappa shape index (κ1) is 19.7. The molecule has 0 aliphatic rings. The number of hydrogen-bond acceptors (Lipinski definition) is 2. The Morgan fingerprint density at radius 1 is 1.09 bits per heavy atom. The van der Waals surface area contributed by atoms with Crippen molar-refractivity contribution in [3.8, 4) is 0 Å². The van der Waals surface area contributed by atoms with E-state index in [4.69, 9.17) is 4.43 Å². The number of hydrogen-bond donors (Lipinski definition) is 0. The molecular formula is C16H24F3NO2Si. The molecule has 1 rings (SSSR count). The normalized spacial score (nSPS) is 15.1. The van der Waals surface area contributed by atoms with Crippen molar-refractivity contribution >= 4 is 14.2 Å². The average Bonchev–Trinajstić information content (AvgIpc) is 2.44. The minimum Gasteiger partial charge on any atom is -0.393 e. The highest BCUT2D eigenvalue weighted by Crippen LogP contribution is 2.45. The van der Waals surface area contributed by atoms with E-state index >= 15 is 0 Å². The highest BCUT2D eigenvalue weighted by Gasteiger charge is 2.65. The summed E-state index contributed by atoms with van der Waals surface area (Å²) in [6.07, 6.45) is -4.85. The number of halogens is 3. The van der Waals surface area contributed by atoms with Gasteiger partial charge in [-0.2, -0.15) is 13.2 Å². The Bertz CT molecular complexity index is 524. The van der Waals surface area contributed by atoms with Crippen LogP contribution in [0.4, 0.5) is 13.2 Å². The molecule has 3 nitrogen and oxygen atoms in total. The van der Waals surface area contributed by atoms with Crippen LogP contribution in [0.15, 0.2) is 30.3 Å². The summed E-state index contributed by atoms with van der Waals surface area (Å²) in [5.41, 5.74) is -3.13. The van der Waals surface area contributed by atoms with Crippen molar-refractivity contribution in [1.82, 2.24) is 4.90 Å². The van der Waals surface area contributed by atoms with Crippen LogP contribution in [0.3, 0.4) is 0 Å².